The number of ketones is 1. The smallest absolute Gasteiger partial charge is 0.206 e. The molecule has 3 nitrogen and oxygen atoms in total. The highest BCUT2D eigenvalue weighted by Gasteiger charge is 2.13. The topological polar surface area (TPSA) is 49.3 Å². The summed E-state index contributed by atoms with van der Waals surface area (Å²) in [5, 5.41) is 10.9. The van der Waals surface area contributed by atoms with Gasteiger partial charge >= 0.3 is 0 Å². The van der Waals surface area contributed by atoms with Crippen LogP contribution in [0.5, 0.6) is 0 Å². The zero-order chi connectivity index (χ0) is 5.28. The van der Waals surface area contributed by atoms with E-state index in [1.54, 1.807) is 0 Å². The molecule has 1 rings (SSSR count). The molecule has 38 valence electrons. The molecule has 1 aliphatic rings. The molecule has 1 heterocycles. The molecule has 0 saturated heterocycles. The highest BCUT2D eigenvalue weighted by atomic mass is 16.3. The standard InChI is InChI=1S/C4H5NO2/c6-3-1-2-5-4(3)7/h1-2,4-5,7H/t4-/m1/s1. The predicted octanol–water partition coefficient (Wildman–Crippen LogP) is -1.01. The molecule has 0 radical (unpaired) electrons. The van der Waals surface area contributed by atoms with Crippen molar-refractivity contribution < 1.29 is 9.90 Å². The van der Waals surface area contributed by atoms with Crippen LogP contribution in [0.3, 0.4) is 0 Å². The lowest BCUT2D eigenvalue weighted by Gasteiger charge is -1.95. The van der Waals surface area contributed by atoms with Crippen LogP contribution >= 0.6 is 0 Å². The first kappa shape index (κ1) is 4.33. The van der Waals surface area contributed by atoms with Gasteiger partial charge in [-0.25, -0.2) is 0 Å². The van der Waals surface area contributed by atoms with E-state index in [1.807, 2.05) is 0 Å². The van der Waals surface area contributed by atoms with Crippen molar-refractivity contribution >= 4 is 5.78 Å². The fourth-order valence-electron chi connectivity index (χ4n) is 0.395. The third kappa shape index (κ3) is 0.618. The molecular weight excluding hydrogens is 94.0 g/mol. The van der Waals surface area contributed by atoms with E-state index in [0.29, 0.717) is 0 Å². The van der Waals surface area contributed by atoms with Crippen LogP contribution in [-0.2, 0) is 4.79 Å². The second kappa shape index (κ2) is 1.35. The van der Waals surface area contributed by atoms with Gasteiger partial charge in [-0.05, 0) is 0 Å². The van der Waals surface area contributed by atoms with Gasteiger partial charge in [0.15, 0.2) is 6.23 Å². The molecule has 0 amide bonds. The van der Waals surface area contributed by atoms with E-state index in [1.165, 1.54) is 12.3 Å². The lowest BCUT2D eigenvalue weighted by atomic mass is 10.4. The maximum atomic E-state index is 10.2. The van der Waals surface area contributed by atoms with Gasteiger partial charge in [0, 0.05) is 12.3 Å². The minimum absolute atomic E-state index is 0.278. The van der Waals surface area contributed by atoms with Crippen molar-refractivity contribution in [2.24, 2.45) is 0 Å². The molecule has 0 aromatic rings. The van der Waals surface area contributed by atoms with Gasteiger partial charge in [-0.15, -0.1) is 0 Å². The molecule has 1 atom stereocenters. The number of carbonyl (C=O) groups is 1. The molecular formula is C4H5NO2. The summed E-state index contributed by atoms with van der Waals surface area (Å²) in [6.07, 6.45) is 1.73. The second-order valence-corrected chi connectivity index (χ2v) is 1.30. The average molecular weight is 99.1 g/mol. The SMILES string of the molecule is O=C1C=CN[C@@H]1O. The van der Waals surface area contributed by atoms with Crippen molar-refractivity contribution in [3.05, 3.63) is 12.3 Å². The first-order valence-electron chi connectivity index (χ1n) is 1.95. The van der Waals surface area contributed by atoms with E-state index < -0.39 is 6.23 Å². The van der Waals surface area contributed by atoms with Crippen LogP contribution in [0.1, 0.15) is 0 Å². The summed E-state index contributed by atoms with van der Waals surface area (Å²) < 4.78 is 0. The fraction of sp³-hybridized carbons (Fsp3) is 0.250. The molecule has 0 aliphatic carbocycles. The first-order chi connectivity index (χ1) is 3.30. The molecule has 0 bridgehead atoms. The van der Waals surface area contributed by atoms with Crippen molar-refractivity contribution in [1.29, 1.82) is 0 Å². The molecule has 0 spiro atoms. The Bertz CT molecular complexity index is 119. The Morgan fingerprint density at radius 2 is 2.57 bits per heavy atom. The van der Waals surface area contributed by atoms with E-state index in [2.05, 4.69) is 5.32 Å². The summed E-state index contributed by atoms with van der Waals surface area (Å²) in [6, 6.07) is 0. The minimum atomic E-state index is -0.986. The van der Waals surface area contributed by atoms with Crippen molar-refractivity contribution in [2.45, 2.75) is 6.23 Å². The van der Waals surface area contributed by atoms with Crippen LogP contribution in [0.4, 0.5) is 0 Å². The number of nitrogens with one attached hydrogen (secondary N) is 1. The van der Waals surface area contributed by atoms with Crippen molar-refractivity contribution in [3.8, 4) is 0 Å². The van der Waals surface area contributed by atoms with E-state index in [0.717, 1.165) is 0 Å². The van der Waals surface area contributed by atoms with Gasteiger partial charge in [0.1, 0.15) is 0 Å². The normalized spacial score (nSPS) is 28.1. The summed E-state index contributed by atoms with van der Waals surface area (Å²) in [4.78, 5) is 10.2. The van der Waals surface area contributed by atoms with Crippen LogP contribution in [0.25, 0.3) is 0 Å². The lowest BCUT2D eigenvalue weighted by Crippen LogP contribution is -2.25. The van der Waals surface area contributed by atoms with Crippen molar-refractivity contribution in [2.75, 3.05) is 0 Å². The highest BCUT2D eigenvalue weighted by molar-refractivity contribution is 5.94. The monoisotopic (exact) mass is 99.0 g/mol. The van der Waals surface area contributed by atoms with Gasteiger partial charge in [-0.1, -0.05) is 0 Å². The molecule has 0 saturated carbocycles. The van der Waals surface area contributed by atoms with E-state index in [9.17, 15) is 4.79 Å². The zero-order valence-corrected chi connectivity index (χ0v) is 3.59. The molecule has 0 unspecified atom stereocenters. The average Bonchev–Trinajstić information content (AvgIpc) is 1.91. The zero-order valence-electron chi connectivity index (χ0n) is 3.59. The lowest BCUT2D eigenvalue weighted by molar-refractivity contribution is -0.122. The van der Waals surface area contributed by atoms with E-state index in [-0.39, 0.29) is 5.78 Å². The third-order valence-corrected chi connectivity index (χ3v) is 0.771. The maximum Gasteiger partial charge on any atom is 0.206 e. The van der Waals surface area contributed by atoms with Gasteiger partial charge in [-0.3, -0.25) is 4.79 Å². The Morgan fingerprint density at radius 3 is 2.71 bits per heavy atom. The van der Waals surface area contributed by atoms with Crippen LogP contribution < -0.4 is 5.32 Å². The molecule has 0 fully saturated rings. The number of carbonyl (C=O) groups excluding carboxylic acids is 1. The number of aliphatic hydroxyl groups excluding tert-OH is 1. The Balaban J connectivity index is 2.62. The summed E-state index contributed by atoms with van der Waals surface area (Å²) in [7, 11) is 0. The van der Waals surface area contributed by atoms with Crippen LogP contribution in [0, 0.1) is 0 Å². The largest absolute Gasteiger partial charge is 0.367 e. The van der Waals surface area contributed by atoms with Crippen molar-refractivity contribution in [3.63, 3.8) is 0 Å². The molecule has 2 N–H and O–H groups in total. The fourth-order valence-corrected chi connectivity index (χ4v) is 0.395. The summed E-state index contributed by atoms with van der Waals surface area (Å²) >= 11 is 0. The van der Waals surface area contributed by atoms with Gasteiger partial charge in [0.2, 0.25) is 5.78 Å². The van der Waals surface area contributed by atoms with Gasteiger partial charge in [-0.2, -0.15) is 0 Å². The number of rotatable bonds is 0. The third-order valence-electron chi connectivity index (χ3n) is 0.771. The highest BCUT2D eigenvalue weighted by Crippen LogP contribution is 1.89. The quantitative estimate of drug-likeness (QED) is 0.409. The molecule has 1 aliphatic heterocycles. The molecule has 7 heavy (non-hydrogen) atoms. The summed E-state index contributed by atoms with van der Waals surface area (Å²) in [5.74, 6) is -0.278. The van der Waals surface area contributed by atoms with Crippen LogP contribution in [0.15, 0.2) is 12.3 Å². The Kier molecular flexibility index (Phi) is 0.834. The summed E-state index contributed by atoms with van der Waals surface area (Å²) in [6.45, 7) is 0. The number of aliphatic hydroxyl groups is 1. The maximum absolute atomic E-state index is 10.2. The molecule has 3 heteroatoms. The Morgan fingerprint density at radius 1 is 1.86 bits per heavy atom. The summed E-state index contributed by atoms with van der Waals surface area (Å²) in [5.41, 5.74) is 0. The van der Waals surface area contributed by atoms with Crippen LogP contribution in [0.2, 0.25) is 0 Å². The first-order valence-corrected chi connectivity index (χ1v) is 1.95. The van der Waals surface area contributed by atoms with Crippen LogP contribution in [-0.4, -0.2) is 17.1 Å². The minimum Gasteiger partial charge on any atom is -0.367 e. The second-order valence-electron chi connectivity index (χ2n) is 1.30. The van der Waals surface area contributed by atoms with Gasteiger partial charge < -0.3 is 10.4 Å². The van der Waals surface area contributed by atoms with E-state index >= 15 is 0 Å². The number of hydrogen-bond donors (Lipinski definition) is 2. The Hall–Kier alpha value is -0.830. The van der Waals surface area contributed by atoms with E-state index in [4.69, 9.17) is 5.11 Å². The number of hydrogen-bond acceptors (Lipinski definition) is 3. The van der Waals surface area contributed by atoms with Gasteiger partial charge in [0.05, 0.1) is 0 Å². The predicted molar refractivity (Wildman–Crippen MR) is 23.3 cm³/mol. The van der Waals surface area contributed by atoms with Gasteiger partial charge in [0.25, 0.3) is 0 Å². The van der Waals surface area contributed by atoms with Crippen molar-refractivity contribution in [1.82, 2.24) is 5.32 Å². The molecule has 0 aromatic heterocycles. The Labute approximate surface area is 40.6 Å². The molecule has 0 aromatic carbocycles.